The molecule has 0 aromatic carbocycles. The van der Waals surface area contributed by atoms with Crippen LogP contribution in [0.5, 0.6) is 0 Å². The van der Waals surface area contributed by atoms with Gasteiger partial charge in [-0.05, 0) is 38.0 Å². The minimum atomic E-state index is -3.44. The first-order valence-electron chi connectivity index (χ1n) is 8.43. The van der Waals surface area contributed by atoms with Gasteiger partial charge in [0.15, 0.2) is 0 Å². The number of methoxy groups -OCH3 is 1. The fourth-order valence-corrected chi connectivity index (χ4v) is 5.53. The lowest BCUT2D eigenvalue weighted by atomic mass is 9.79. The molecule has 0 bridgehead atoms. The van der Waals surface area contributed by atoms with Gasteiger partial charge >= 0.3 is 0 Å². The molecule has 0 unspecified atom stereocenters. The second-order valence-electron chi connectivity index (χ2n) is 6.89. The van der Waals surface area contributed by atoms with Crippen molar-refractivity contribution in [3.05, 3.63) is 12.7 Å². The number of aliphatic hydroxyl groups excluding tert-OH is 1. The Kier molecular flexibility index (Phi) is 6.62. The molecule has 1 atom stereocenters. The van der Waals surface area contributed by atoms with E-state index in [0.29, 0.717) is 45.1 Å². The van der Waals surface area contributed by atoms with E-state index < -0.39 is 10.2 Å². The van der Waals surface area contributed by atoms with Crippen LogP contribution in [0.3, 0.4) is 0 Å². The zero-order chi connectivity index (χ0) is 16.9. The van der Waals surface area contributed by atoms with Crippen molar-refractivity contribution in [2.45, 2.75) is 32.1 Å². The Hall–Kier alpha value is -0.470. The normalized spacial score (nSPS) is 28.8. The number of aliphatic hydroxyl groups is 1. The molecule has 2 aliphatic heterocycles. The Morgan fingerprint density at radius 3 is 2.57 bits per heavy atom. The number of nitrogens with zero attached hydrogens (tertiary/aromatic N) is 2. The Morgan fingerprint density at radius 1 is 1.30 bits per heavy atom. The summed E-state index contributed by atoms with van der Waals surface area (Å²) in [5, 5.41) is 9.76. The lowest BCUT2D eigenvalue weighted by Crippen LogP contribution is -2.53. The third-order valence-corrected chi connectivity index (χ3v) is 7.15. The van der Waals surface area contributed by atoms with Crippen LogP contribution in [0.25, 0.3) is 0 Å². The van der Waals surface area contributed by atoms with Crippen LogP contribution in [-0.4, -0.2) is 68.6 Å². The maximum absolute atomic E-state index is 12.9. The SMILES string of the molecule is C=CC[C@@]1(CO)CCCN(S(=O)(=O)N2CCC(COC)CC2)C1. The van der Waals surface area contributed by atoms with Crippen LogP contribution in [0.15, 0.2) is 12.7 Å². The van der Waals surface area contributed by atoms with Crippen LogP contribution in [0.1, 0.15) is 32.1 Å². The van der Waals surface area contributed by atoms with Crippen LogP contribution >= 0.6 is 0 Å². The standard InChI is InChI=1S/C16H30N2O4S/c1-3-7-16(14-19)8-4-9-18(13-16)23(20,21)17-10-5-15(6-11-17)12-22-2/h3,15,19H,1,4-14H2,2H3/t16-/m1/s1. The topological polar surface area (TPSA) is 70.1 Å². The summed E-state index contributed by atoms with van der Waals surface area (Å²) in [6.07, 6.45) is 5.75. The molecule has 0 aliphatic carbocycles. The van der Waals surface area contributed by atoms with Crippen molar-refractivity contribution in [1.82, 2.24) is 8.61 Å². The number of hydrogen-bond donors (Lipinski definition) is 1. The van der Waals surface area contributed by atoms with Gasteiger partial charge in [0.25, 0.3) is 10.2 Å². The molecular weight excluding hydrogens is 316 g/mol. The molecule has 0 aromatic heterocycles. The predicted octanol–water partition coefficient (Wildman–Crippen LogP) is 1.24. The highest BCUT2D eigenvalue weighted by atomic mass is 32.2. The van der Waals surface area contributed by atoms with Crippen molar-refractivity contribution in [2.24, 2.45) is 11.3 Å². The van der Waals surface area contributed by atoms with E-state index in [4.69, 9.17) is 4.74 Å². The maximum atomic E-state index is 12.9. The highest BCUT2D eigenvalue weighted by Crippen LogP contribution is 2.35. The Bertz CT molecular complexity index is 488. The van der Waals surface area contributed by atoms with Crippen molar-refractivity contribution >= 4 is 10.2 Å². The molecular formula is C16H30N2O4S. The van der Waals surface area contributed by atoms with E-state index in [9.17, 15) is 13.5 Å². The summed E-state index contributed by atoms with van der Waals surface area (Å²) in [6.45, 7) is 6.49. The number of piperidine rings is 2. The van der Waals surface area contributed by atoms with Crippen molar-refractivity contribution < 1.29 is 18.3 Å². The molecule has 1 N–H and O–H groups in total. The first-order valence-corrected chi connectivity index (χ1v) is 9.83. The first-order chi connectivity index (χ1) is 11.0. The number of hydrogen-bond acceptors (Lipinski definition) is 4. The average Bonchev–Trinajstić information content (AvgIpc) is 2.56. The second kappa shape index (κ2) is 8.07. The molecule has 6 nitrogen and oxygen atoms in total. The van der Waals surface area contributed by atoms with E-state index in [1.54, 1.807) is 21.8 Å². The zero-order valence-corrected chi connectivity index (χ0v) is 14.9. The molecule has 0 saturated carbocycles. The Balaban J connectivity index is 2.03. The van der Waals surface area contributed by atoms with Crippen LogP contribution in [0.4, 0.5) is 0 Å². The highest BCUT2D eigenvalue weighted by Gasteiger charge is 2.41. The average molecular weight is 346 g/mol. The minimum absolute atomic E-state index is 0.000945. The molecule has 2 rings (SSSR count). The van der Waals surface area contributed by atoms with Gasteiger partial charge in [-0.2, -0.15) is 17.0 Å². The molecule has 2 saturated heterocycles. The van der Waals surface area contributed by atoms with Gasteiger partial charge in [0.2, 0.25) is 0 Å². The molecule has 2 aliphatic rings. The van der Waals surface area contributed by atoms with Crippen LogP contribution in [0, 0.1) is 11.3 Å². The molecule has 0 aromatic rings. The fraction of sp³-hybridized carbons (Fsp3) is 0.875. The monoisotopic (exact) mass is 346 g/mol. The van der Waals surface area contributed by atoms with Gasteiger partial charge in [-0.25, -0.2) is 0 Å². The first kappa shape index (κ1) is 18.9. The number of allylic oxidation sites excluding steroid dienone is 1. The van der Waals surface area contributed by atoms with Gasteiger partial charge < -0.3 is 9.84 Å². The van der Waals surface area contributed by atoms with Crippen LogP contribution in [-0.2, 0) is 14.9 Å². The minimum Gasteiger partial charge on any atom is -0.396 e. The number of rotatable bonds is 7. The summed E-state index contributed by atoms with van der Waals surface area (Å²) < 4.78 is 34.2. The predicted molar refractivity (Wildman–Crippen MR) is 90.2 cm³/mol. The molecule has 0 amide bonds. The third kappa shape index (κ3) is 4.33. The zero-order valence-electron chi connectivity index (χ0n) is 14.1. The van der Waals surface area contributed by atoms with Gasteiger partial charge in [-0.1, -0.05) is 6.08 Å². The van der Waals surface area contributed by atoms with Gasteiger partial charge in [0.1, 0.15) is 0 Å². The third-order valence-electron chi connectivity index (χ3n) is 5.17. The van der Waals surface area contributed by atoms with E-state index >= 15 is 0 Å². The lowest BCUT2D eigenvalue weighted by Gasteiger charge is -2.43. The van der Waals surface area contributed by atoms with Crippen molar-refractivity contribution in [1.29, 1.82) is 0 Å². The smallest absolute Gasteiger partial charge is 0.281 e. The van der Waals surface area contributed by atoms with E-state index in [1.165, 1.54) is 0 Å². The van der Waals surface area contributed by atoms with Gasteiger partial charge in [0.05, 0.1) is 6.61 Å². The summed E-state index contributed by atoms with van der Waals surface area (Å²) in [7, 11) is -1.76. The summed E-state index contributed by atoms with van der Waals surface area (Å²) in [4.78, 5) is 0. The number of ether oxygens (including phenoxy) is 1. The molecule has 134 valence electrons. The molecule has 2 fully saturated rings. The summed E-state index contributed by atoms with van der Waals surface area (Å²) in [5.74, 6) is 0.449. The molecule has 2 heterocycles. The van der Waals surface area contributed by atoms with Crippen LogP contribution in [0.2, 0.25) is 0 Å². The van der Waals surface area contributed by atoms with E-state index in [1.807, 2.05) is 0 Å². The molecule has 0 spiro atoms. The van der Waals surface area contributed by atoms with E-state index in [2.05, 4.69) is 6.58 Å². The highest BCUT2D eigenvalue weighted by molar-refractivity contribution is 7.86. The quantitative estimate of drug-likeness (QED) is 0.704. The van der Waals surface area contributed by atoms with Gasteiger partial charge in [-0.15, -0.1) is 6.58 Å². The Morgan fingerprint density at radius 2 is 2.00 bits per heavy atom. The van der Waals surface area contributed by atoms with Crippen molar-refractivity contribution in [2.75, 3.05) is 46.5 Å². The fourth-order valence-electron chi connectivity index (χ4n) is 3.73. The Labute approximate surface area is 140 Å². The van der Waals surface area contributed by atoms with Crippen LogP contribution < -0.4 is 0 Å². The van der Waals surface area contributed by atoms with Gasteiger partial charge in [0, 0.05) is 45.3 Å². The van der Waals surface area contributed by atoms with E-state index in [0.717, 1.165) is 25.7 Å². The van der Waals surface area contributed by atoms with Crippen molar-refractivity contribution in [3.63, 3.8) is 0 Å². The summed E-state index contributed by atoms with van der Waals surface area (Å²) in [5.41, 5.74) is -0.374. The molecule has 7 heteroatoms. The largest absolute Gasteiger partial charge is 0.396 e. The molecule has 23 heavy (non-hydrogen) atoms. The second-order valence-corrected chi connectivity index (χ2v) is 8.82. The van der Waals surface area contributed by atoms with Gasteiger partial charge in [-0.3, -0.25) is 0 Å². The summed E-state index contributed by atoms with van der Waals surface area (Å²) >= 11 is 0. The lowest BCUT2D eigenvalue weighted by molar-refractivity contribution is 0.0628. The van der Waals surface area contributed by atoms with E-state index in [-0.39, 0.29) is 12.0 Å². The molecule has 0 radical (unpaired) electrons. The maximum Gasteiger partial charge on any atom is 0.281 e. The van der Waals surface area contributed by atoms with Crippen molar-refractivity contribution in [3.8, 4) is 0 Å². The summed E-state index contributed by atoms with van der Waals surface area (Å²) in [6, 6.07) is 0.